The van der Waals surface area contributed by atoms with Crippen molar-refractivity contribution in [1.82, 2.24) is 24.8 Å². The molecule has 3 aromatic heterocycles. The maximum absolute atomic E-state index is 13.2. The molecule has 4 aromatic rings. The van der Waals surface area contributed by atoms with Crippen molar-refractivity contribution < 1.29 is 4.79 Å². The average molecular weight is 489 g/mol. The highest BCUT2D eigenvalue weighted by molar-refractivity contribution is 7.13. The van der Waals surface area contributed by atoms with Crippen LogP contribution in [0.3, 0.4) is 0 Å². The molecule has 0 spiro atoms. The Kier molecular flexibility index (Phi) is 6.69. The van der Waals surface area contributed by atoms with Crippen molar-refractivity contribution in [2.45, 2.75) is 20.0 Å². The summed E-state index contributed by atoms with van der Waals surface area (Å²) in [6, 6.07) is 9.03. The van der Waals surface area contributed by atoms with E-state index >= 15 is 0 Å². The highest BCUT2D eigenvalue weighted by Gasteiger charge is 2.16. The molecule has 0 radical (unpaired) electrons. The summed E-state index contributed by atoms with van der Waals surface area (Å²) >= 11 is 13.5. The van der Waals surface area contributed by atoms with Gasteiger partial charge in [-0.2, -0.15) is 4.98 Å². The van der Waals surface area contributed by atoms with Crippen molar-refractivity contribution in [2.75, 3.05) is 11.9 Å². The highest BCUT2D eigenvalue weighted by atomic mass is 35.5. The molecule has 2 N–H and O–H groups in total. The molecule has 1 amide bonds. The lowest BCUT2D eigenvalue weighted by Crippen LogP contribution is -2.31. The summed E-state index contributed by atoms with van der Waals surface area (Å²) in [5.41, 5.74) is 1.82. The molecular formula is C21H18Cl2N6O2S. The smallest absolute Gasteiger partial charge is 0.279 e. The number of hydrogen-bond donors (Lipinski definition) is 2. The van der Waals surface area contributed by atoms with Gasteiger partial charge in [0.25, 0.3) is 5.56 Å². The van der Waals surface area contributed by atoms with Crippen LogP contribution in [-0.4, -0.2) is 32.0 Å². The van der Waals surface area contributed by atoms with Crippen LogP contribution in [0.25, 0.3) is 21.7 Å². The molecule has 1 aromatic carbocycles. The molecule has 0 fully saturated rings. The maximum Gasteiger partial charge on any atom is 0.279 e. The van der Waals surface area contributed by atoms with E-state index in [1.54, 1.807) is 18.3 Å². The Balaban J connectivity index is 1.69. The number of nitrogens with zero attached hydrogens (tertiary/aromatic N) is 4. The van der Waals surface area contributed by atoms with Crippen LogP contribution in [0.4, 0.5) is 5.95 Å². The number of carbonyl (C=O) groups excluding carboxylic acids is 1. The van der Waals surface area contributed by atoms with E-state index in [1.807, 2.05) is 23.6 Å². The first kappa shape index (κ1) is 22.2. The van der Waals surface area contributed by atoms with E-state index in [1.165, 1.54) is 22.8 Å². The molecule has 11 heteroatoms. The third kappa shape index (κ3) is 4.90. The molecule has 0 aliphatic rings. The fraction of sp³-hybridized carbons (Fsp3) is 0.190. The zero-order valence-corrected chi connectivity index (χ0v) is 19.3. The third-order valence-electron chi connectivity index (χ3n) is 4.58. The number of fused-ring (bicyclic) bond motifs is 1. The van der Waals surface area contributed by atoms with E-state index in [-0.39, 0.29) is 24.6 Å². The SMILES string of the molecule is CC(=O)NCCn1c(=O)c(-c2cccs2)nc2cnc(NCc3ccc(Cl)c(Cl)c3)nc21. The second-order valence-electron chi connectivity index (χ2n) is 6.88. The zero-order valence-electron chi connectivity index (χ0n) is 16.9. The molecule has 164 valence electrons. The standard InChI is InChI=1S/C21H18Cl2N6O2S/c1-12(30)24-6-7-29-19-16(27-18(20(29)31)17-3-2-8-32-17)11-26-21(28-19)25-10-13-4-5-14(22)15(23)9-13/h2-5,8-9,11H,6-7,10H2,1H3,(H,24,30)(H,25,26,28). The highest BCUT2D eigenvalue weighted by Crippen LogP contribution is 2.24. The van der Waals surface area contributed by atoms with Crippen molar-refractivity contribution in [2.24, 2.45) is 0 Å². The fourth-order valence-electron chi connectivity index (χ4n) is 3.08. The molecule has 8 nitrogen and oxygen atoms in total. The number of anilines is 1. The van der Waals surface area contributed by atoms with Crippen molar-refractivity contribution >= 4 is 57.6 Å². The number of carbonyl (C=O) groups is 1. The molecular weight excluding hydrogens is 471 g/mol. The quantitative estimate of drug-likeness (QED) is 0.408. The summed E-state index contributed by atoms with van der Waals surface area (Å²) in [6.45, 7) is 2.38. The Morgan fingerprint density at radius 2 is 2.03 bits per heavy atom. The van der Waals surface area contributed by atoms with Gasteiger partial charge in [-0.3, -0.25) is 14.2 Å². The van der Waals surface area contributed by atoms with Gasteiger partial charge in [0.05, 0.1) is 21.1 Å². The summed E-state index contributed by atoms with van der Waals surface area (Å²) in [4.78, 5) is 38.6. The van der Waals surface area contributed by atoms with Gasteiger partial charge in [0, 0.05) is 26.6 Å². The van der Waals surface area contributed by atoms with Crippen LogP contribution >= 0.6 is 34.5 Å². The molecule has 0 aliphatic carbocycles. The summed E-state index contributed by atoms with van der Waals surface area (Å²) < 4.78 is 1.51. The topological polar surface area (TPSA) is 102 Å². The first-order chi connectivity index (χ1) is 15.4. The lowest BCUT2D eigenvalue weighted by atomic mass is 10.2. The van der Waals surface area contributed by atoms with Crippen molar-refractivity contribution in [3.63, 3.8) is 0 Å². The third-order valence-corrected chi connectivity index (χ3v) is 6.20. The summed E-state index contributed by atoms with van der Waals surface area (Å²) in [5, 5.41) is 8.66. The van der Waals surface area contributed by atoms with Crippen LogP contribution < -0.4 is 16.2 Å². The van der Waals surface area contributed by atoms with Crippen LogP contribution in [0.15, 0.2) is 46.7 Å². The number of hydrogen-bond acceptors (Lipinski definition) is 7. The van der Waals surface area contributed by atoms with Crippen LogP contribution in [-0.2, 0) is 17.9 Å². The van der Waals surface area contributed by atoms with E-state index in [0.29, 0.717) is 39.4 Å². The molecule has 3 heterocycles. The average Bonchev–Trinajstić information content (AvgIpc) is 3.30. The minimum Gasteiger partial charge on any atom is -0.355 e. The first-order valence-electron chi connectivity index (χ1n) is 9.66. The lowest BCUT2D eigenvalue weighted by Gasteiger charge is -2.13. The fourth-order valence-corrected chi connectivity index (χ4v) is 4.10. The largest absolute Gasteiger partial charge is 0.355 e. The van der Waals surface area contributed by atoms with Crippen LogP contribution in [0.5, 0.6) is 0 Å². The summed E-state index contributed by atoms with van der Waals surface area (Å²) in [5.74, 6) is 0.162. The van der Waals surface area contributed by atoms with Gasteiger partial charge in [0.15, 0.2) is 5.65 Å². The molecule has 0 bridgehead atoms. The Morgan fingerprint density at radius 1 is 1.19 bits per heavy atom. The molecule has 0 saturated heterocycles. The lowest BCUT2D eigenvalue weighted by molar-refractivity contribution is -0.118. The van der Waals surface area contributed by atoms with Crippen LogP contribution in [0.1, 0.15) is 12.5 Å². The number of aromatic nitrogens is 4. The van der Waals surface area contributed by atoms with Gasteiger partial charge < -0.3 is 10.6 Å². The maximum atomic E-state index is 13.2. The zero-order chi connectivity index (χ0) is 22.7. The monoisotopic (exact) mass is 488 g/mol. The number of benzene rings is 1. The Hall–Kier alpha value is -3.01. The molecule has 0 unspecified atom stereocenters. The Bertz CT molecular complexity index is 1340. The number of amides is 1. The number of halogens is 2. The predicted octanol–water partition coefficient (Wildman–Crippen LogP) is 3.97. The van der Waals surface area contributed by atoms with E-state index in [0.717, 1.165) is 10.4 Å². The molecule has 32 heavy (non-hydrogen) atoms. The van der Waals surface area contributed by atoms with Crippen molar-refractivity contribution in [3.8, 4) is 10.6 Å². The molecule has 0 saturated carbocycles. The second-order valence-corrected chi connectivity index (χ2v) is 8.64. The van der Waals surface area contributed by atoms with E-state index < -0.39 is 0 Å². The van der Waals surface area contributed by atoms with Gasteiger partial charge in [-0.05, 0) is 29.1 Å². The Labute approximate surface area is 197 Å². The molecule has 0 atom stereocenters. The number of rotatable bonds is 7. The second kappa shape index (κ2) is 9.64. The summed E-state index contributed by atoms with van der Waals surface area (Å²) in [6.07, 6.45) is 1.57. The predicted molar refractivity (Wildman–Crippen MR) is 127 cm³/mol. The van der Waals surface area contributed by atoms with E-state index in [4.69, 9.17) is 23.2 Å². The summed E-state index contributed by atoms with van der Waals surface area (Å²) in [7, 11) is 0. The normalized spacial score (nSPS) is 11.0. The Morgan fingerprint density at radius 3 is 2.75 bits per heavy atom. The minimum atomic E-state index is -0.278. The van der Waals surface area contributed by atoms with Crippen LogP contribution in [0.2, 0.25) is 10.0 Å². The van der Waals surface area contributed by atoms with E-state index in [2.05, 4.69) is 25.6 Å². The van der Waals surface area contributed by atoms with Crippen LogP contribution in [0, 0.1) is 0 Å². The van der Waals surface area contributed by atoms with E-state index in [9.17, 15) is 9.59 Å². The van der Waals surface area contributed by atoms with Gasteiger partial charge >= 0.3 is 0 Å². The molecule has 4 rings (SSSR count). The van der Waals surface area contributed by atoms with Gasteiger partial charge in [-0.25, -0.2) is 9.97 Å². The van der Waals surface area contributed by atoms with Gasteiger partial charge in [-0.1, -0.05) is 35.3 Å². The number of thiophene rings is 1. The minimum absolute atomic E-state index is 0.173. The van der Waals surface area contributed by atoms with Gasteiger partial charge in [0.1, 0.15) is 11.2 Å². The van der Waals surface area contributed by atoms with Crippen molar-refractivity contribution in [1.29, 1.82) is 0 Å². The number of nitrogens with one attached hydrogen (secondary N) is 2. The van der Waals surface area contributed by atoms with Gasteiger partial charge in [-0.15, -0.1) is 11.3 Å². The van der Waals surface area contributed by atoms with Crippen molar-refractivity contribution in [3.05, 3.63) is 67.9 Å². The molecule has 0 aliphatic heterocycles. The first-order valence-corrected chi connectivity index (χ1v) is 11.3. The van der Waals surface area contributed by atoms with Gasteiger partial charge in [0.2, 0.25) is 11.9 Å².